The highest BCUT2D eigenvalue weighted by molar-refractivity contribution is 5.79. The molecule has 2 nitrogen and oxygen atoms in total. The Morgan fingerprint density at radius 2 is 1.93 bits per heavy atom. The molecule has 0 saturated carbocycles. The normalized spacial score (nSPS) is 12.3. The predicted octanol–water partition coefficient (Wildman–Crippen LogP) is 2.14. The van der Waals surface area contributed by atoms with Gasteiger partial charge in [0, 0.05) is 0 Å². The van der Waals surface area contributed by atoms with E-state index in [4.69, 9.17) is 5.84 Å². The zero-order chi connectivity index (χ0) is 10.8. The zero-order valence-corrected chi connectivity index (χ0v) is 6.85. The summed E-state index contributed by atoms with van der Waals surface area (Å²) < 4.78 is 49.1. The van der Waals surface area contributed by atoms with Crippen molar-refractivity contribution in [2.45, 2.75) is 6.18 Å². The number of hydrogen-bond donors (Lipinski definition) is 1. The van der Waals surface area contributed by atoms with Gasteiger partial charge < -0.3 is 5.84 Å². The van der Waals surface area contributed by atoms with E-state index in [9.17, 15) is 17.6 Å². The van der Waals surface area contributed by atoms with Crippen LogP contribution in [0.15, 0.2) is 23.3 Å². The topological polar surface area (TPSA) is 38.4 Å². The number of halogens is 4. The maximum absolute atomic E-state index is 12.8. The van der Waals surface area contributed by atoms with E-state index in [-0.39, 0.29) is 5.56 Å². The fourth-order valence-electron chi connectivity index (χ4n) is 0.928. The minimum absolute atomic E-state index is 0.179. The smallest absolute Gasteiger partial charge is 0.323 e. The summed E-state index contributed by atoms with van der Waals surface area (Å²) in [5, 5.41) is 3.07. The molecule has 0 aliphatic rings. The number of nitrogens with two attached hydrogens (primary N) is 1. The number of rotatable bonds is 1. The molecule has 0 aliphatic carbocycles. The molecule has 14 heavy (non-hydrogen) atoms. The highest BCUT2D eigenvalue weighted by atomic mass is 19.4. The highest BCUT2D eigenvalue weighted by Crippen LogP contribution is 2.31. The Labute approximate surface area is 77.0 Å². The van der Waals surface area contributed by atoms with Crippen LogP contribution in [0.3, 0.4) is 0 Å². The van der Waals surface area contributed by atoms with Gasteiger partial charge in [-0.25, -0.2) is 4.39 Å². The van der Waals surface area contributed by atoms with Crippen LogP contribution in [0.1, 0.15) is 11.1 Å². The molecule has 0 aromatic heterocycles. The molecule has 0 atom stereocenters. The summed E-state index contributed by atoms with van der Waals surface area (Å²) in [6.07, 6.45) is -3.62. The maximum atomic E-state index is 12.8. The molecule has 6 heteroatoms. The summed E-state index contributed by atoms with van der Waals surface area (Å²) in [7, 11) is 0. The molecule has 0 saturated heterocycles. The second kappa shape index (κ2) is 3.65. The van der Waals surface area contributed by atoms with Crippen LogP contribution in [0.4, 0.5) is 17.6 Å². The molecular weight excluding hydrogens is 200 g/mol. The van der Waals surface area contributed by atoms with Crippen molar-refractivity contribution in [2.75, 3.05) is 0 Å². The average molecular weight is 206 g/mol. The molecule has 1 rings (SSSR count). The summed E-state index contributed by atoms with van der Waals surface area (Å²) in [4.78, 5) is 0. The molecule has 0 spiro atoms. The van der Waals surface area contributed by atoms with Crippen LogP contribution in [-0.4, -0.2) is 6.21 Å². The second-order valence-corrected chi connectivity index (χ2v) is 2.52. The summed E-state index contributed by atoms with van der Waals surface area (Å²) in [5.74, 6) is 3.42. The fourth-order valence-corrected chi connectivity index (χ4v) is 0.928. The molecule has 0 heterocycles. The molecule has 0 aliphatic heterocycles. The summed E-state index contributed by atoms with van der Waals surface area (Å²) in [6, 6.07) is 2.45. The van der Waals surface area contributed by atoms with Gasteiger partial charge in [-0.05, 0) is 17.7 Å². The lowest BCUT2D eigenvalue weighted by Gasteiger charge is -2.07. The minimum Gasteiger partial charge on any atom is -0.323 e. The maximum Gasteiger partial charge on any atom is 0.419 e. The lowest BCUT2D eigenvalue weighted by Crippen LogP contribution is -2.08. The monoisotopic (exact) mass is 206 g/mol. The van der Waals surface area contributed by atoms with E-state index in [1.807, 2.05) is 0 Å². The molecule has 0 fully saturated rings. The number of hydrogen-bond acceptors (Lipinski definition) is 2. The Morgan fingerprint density at radius 3 is 2.36 bits per heavy atom. The summed E-state index contributed by atoms with van der Waals surface area (Å²) in [6.45, 7) is 0. The Morgan fingerprint density at radius 1 is 1.29 bits per heavy atom. The van der Waals surface area contributed by atoms with Gasteiger partial charge in [-0.1, -0.05) is 6.07 Å². The van der Waals surface area contributed by atoms with Gasteiger partial charge in [-0.15, -0.1) is 0 Å². The number of hydrazone groups is 1. The van der Waals surface area contributed by atoms with Crippen molar-refractivity contribution in [3.05, 3.63) is 35.1 Å². The van der Waals surface area contributed by atoms with Crippen LogP contribution in [0.25, 0.3) is 0 Å². The quantitative estimate of drug-likeness (QED) is 0.325. The van der Waals surface area contributed by atoms with Crippen molar-refractivity contribution < 1.29 is 17.6 Å². The van der Waals surface area contributed by atoms with Gasteiger partial charge in [0.15, 0.2) is 0 Å². The minimum atomic E-state index is -4.68. The van der Waals surface area contributed by atoms with Gasteiger partial charge in [0.1, 0.15) is 5.82 Å². The van der Waals surface area contributed by atoms with Gasteiger partial charge >= 0.3 is 6.18 Å². The van der Waals surface area contributed by atoms with Crippen LogP contribution in [0.5, 0.6) is 0 Å². The molecule has 0 bridgehead atoms. The molecule has 0 radical (unpaired) electrons. The third-order valence-corrected chi connectivity index (χ3v) is 1.52. The molecule has 2 N–H and O–H groups in total. The van der Waals surface area contributed by atoms with E-state index in [2.05, 4.69) is 5.10 Å². The SMILES string of the molecule is NN=Cc1ccc(C(F)(F)F)c(F)c1. The second-order valence-electron chi connectivity index (χ2n) is 2.52. The molecular formula is C8H6F4N2. The van der Waals surface area contributed by atoms with Crippen LogP contribution in [-0.2, 0) is 6.18 Å². The Kier molecular flexibility index (Phi) is 2.73. The number of alkyl halides is 3. The zero-order valence-electron chi connectivity index (χ0n) is 6.85. The first-order valence-electron chi connectivity index (χ1n) is 3.55. The average Bonchev–Trinajstić information content (AvgIpc) is 2.02. The van der Waals surface area contributed by atoms with Crippen LogP contribution >= 0.6 is 0 Å². The van der Waals surface area contributed by atoms with Crippen molar-refractivity contribution in [1.82, 2.24) is 0 Å². The first kappa shape index (κ1) is 10.5. The molecule has 1 aromatic carbocycles. The van der Waals surface area contributed by atoms with E-state index in [0.717, 1.165) is 18.3 Å². The van der Waals surface area contributed by atoms with Gasteiger partial charge in [0.05, 0.1) is 11.8 Å². The number of benzene rings is 1. The Bertz CT molecular complexity index is 357. The van der Waals surface area contributed by atoms with E-state index in [1.165, 1.54) is 0 Å². The fraction of sp³-hybridized carbons (Fsp3) is 0.125. The van der Waals surface area contributed by atoms with Gasteiger partial charge in [0.25, 0.3) is 0 Å². The van der Waals surface area contributed by atoms with E-state index >= 15 is 0 Å². The lowest BCUT2D eigenvalue weighted by molar-refractivity contribution is -0.140. The molecule has 0 amide bonds. The third-order valence-electron chi connectivity index (χ3n) is 1.52. The predicted molar refractivity (Wildman–Crippen MR) is 43.2 cm³/mol. The van der Waals surface area contributed by atoms with Crippen LogP contribution < -0.4 is 5.84 Å². The van der Waals surface area contributed by atoms with Crippen molar-refractivity contribution in [1.29, 1.82) is 0 Å². The van der Waals surface area contributed by atoms with Crippen LogP contribution in [0.2, 0.25) is 0 Å². The third kappa shape index (κ3) is 2.21. The Hall–Kier alpha value is -1.59. The number of nitrogens with zero attached hydrogens (tertiary/aromatic N) is 1. The van der Waals surface area contributed by atoms with E-state index in [1.54, 1.807) is 0 Å². The van der Waals surface area contributed by atoms with Gasteiger partial charge in [-0.2, -0.15) is 18.3 Å². The van der Waals surface area contributed by atoms with E-state index < -0.39 is 17.6 Å². The summed E-state index contributed by atoms with van der Waals surface area (Å²) in [5.41, 5.74) is -1.12. The van der Waals surface area contributed by atoms with Gasteiger partial charge in [-0.3, -0.25) is 0 Å². The standard InChI is InChI=1S/C8H6F4N2/c9-7-3-5(4-14-13)1-2-6(7)8(10,11)12/h1-4H,13H2. The van der Waals surface area contributed by atoms with Crippen molar-refractivity contribution in [2.24, 2.45) is 10.9 Å². The first-order valence-corrected chi connectivity index (χ1v) is 3.55. The first-order chi connectivity index (χ1) is 6.45. The lowest BCUT2D eigenvalue weighted by atomic mass is 10.1. The van der Waals surface area contributed by atoms with E-state index in [0.29, 0.717) is 6.07 Å². The van der Waals surface area contributed by atoms with Crippen molar-refractivity contribution >= 4 is 6.21 Å². The van der Waals surface area contributed by atoms with Crippen molar-refractivity contribution in [3.63, 3.8) is 0 Å². The largest absolute Gasteiger partial charge is 0.419 e. The molecule has 76 valence electrons. The highest BCUT2D eigenvalue weighted by Gasteiger charge is 2.33. The Balaban J connectivity index is 3.14. The van der Waals surface area contributed by atoms with Gasteiger partial charge in [0.2, 0.25) is 0 Å². The van der Waals surface area contributed by atoms with Crippen molar-refractivity contribution in [3.8, 4) is 0 Å². The molecule has 1 aromatic rings. The van der Waals surface area contributed by atoms with Crippen LogP contribution in [0, 0.1) is 5.82 Å². The summed E-state index contributed by atoms with van der Waals surface area (Å²) >= 11 is 0. The molecule has 0 unspecified atom stereocenters.